The zero-order chi connectivity index (χ0) is 26.7. The van der Waals surface area contributed by atoms with E-state index in [0.717, 1.165) is 0 Å². The first-order chi connectivity index (χ1) is 19.9. The highest BCUT2D eigenvalue weighted by atomic mass is 31.1. The fraction of sp³-hybridized carbons (Fsp3) is 0. The van der Waals surface area contributed by atoms with Crippen molar-refractivity contribution in [2.75, 3.05) is 0 Å². The highest BCUT2D eigenvalue weighted by molar-refractivity contribution is 7.85. The monoisotopic (exact) mass is 546 g/mol. The van der Waals surface area contributed by atoms with Crippen LogP contribution in [0.2, 0.25) is 0 Å². The van der Waals surface area contributed by atoms with Crippen molar-refractivity contribution in [2.45, 2.75) is 0 Å². The van der Waals surface area contributed by atoms with Crippen LogP contribution in [0.15, 0.2) is 170 Å². The van der Waals surface area contributed by atoms with Crippen molar-refractivity contribution in [1.29, 1.82) is 0 Å². The second-order valence-electron chi connectivity index (χ2n) is 9.83. The van der Waals surface area contributed by atoms with Crippen molar-refractivity contribution in [2.24, 2.45) is 0 Å². The average Bonchev–Trinajstić information content (AvgIpc) is 3.03. The van der Waals surface area contributed by atoms with Crippen molar-refractivity contribution < 1.29 is 0 Å². The van der Waals surface area contributed by atoms with Crippen molar-refractivity contribution >= 4 is 69.2 Å². The number of rotatable bonds is 6. The Kier molecular flexibility index (Phi) is 6.97. The van der Waals surface area contributed by atoms with E-state index in [0.29, 0.717) is 0 Å². The van der Waals surface area contributed by atoms with Crippen molar-refractivity contribution in [3.63, 3.8) is 0 Å². The third-order valence-electron chi connectivity index (χ3n) is 7.41. The molecule has 0 heterocycles. The molecule has 0 saturated heterocycles. The van der Waals surface area contributed by atoms with E-state index in [2.05, 4.69) is 170 Å². The summed E-state index contributed by atoms with van der Waals surface area (Å²) in [6.45, 7) is 0. The van der Waals surface area contributed by atoms with Gasteiger partial charge in [0.2, 0.25) is 0 Å². The molecule has 0 spiro atoms. The quantitative estimate of drug-likeness (QED) is 0.189. The lowest BCUT2D eigenvalue weighted by atomic mass is 10.1. The minimum atomic E-state index is -0.807. The zero-order valence-electron chi connectivity index (χ0n) is 22.1. The third-order valence-corrected chi connectivity index (χ3v) is 12.7. The summed E-state index contributed by atoms with van der Waals surface area (Å²) in [6.07, 6.45) is 0. The molecule has 7 aromatic rings. The van der Waals surface area contributed by atoms with Crippen LogP contribution < -0.4 is 31.8 Å². The Balaban J connectivity index is 1.53. The molecule has 0 amide bonds. The molecule has 0 fully saturated rings. The second-order valence-corrected chi connectivity index (χ2v) is 14.1. The molecule has 0 aliphatic carbocycles. The molecule has 40 heavy (non-hydrogen) atoms. The fourth-order valence-electron chi connectivity index (χ4n) is 5.62. The molecular formula is C38H28P2. The molecule has 0 aliphatic heterocycles. The van der Waals surface area contributed by atoms with Crippen LogP contribution in [-0.4, -0.2) is 0 Å². The Hall–Kier alpha value is -4.08. The van der Waals surface area contributed by atoms with Crippen LogP contribution in [0.5, 0.6) is 0 Å². The molecule has 0 N–H and O–H groups in total. The molecule has 190 valence electrons. The maximum Gasteiger partial charge on any atom is -0.00673 e. The van der Waals surface area contributed by atoms with E-state index in [1.165, 1.54) is 53.4 Å². The van der Waals surface area contributed by atoms with Gasteiger partial charge >= 0.3 is 0 Å². The number of fused-ring (bicyclic) bond motifs is 2. The van der Waals surface area contributed by atoms with Crippen molar-refractivity contribution in [3.05, 3.63) is 170 Å². The van der Waals surface area contributed by atoms with E-state index in [-0.39, 0.29) is 0 Å². The maximum atomic E-state index is 2.39. The summed E-state index contributed by atoms with van der Waals surface area (Å²) in [5.74, 6) is 0. The van der Waals surface area contributed by atoms with Crippen LogP contribution in [0.25, 0.3) is 21.5 Å². The number of benzene rings is 7. The Morgan fingerprint density at radius 2 is 0.575 bits per heavy atom. The Morgan fingerprint density at radius 1 is 0.250 bits per heavy atom. The van der Waals surface area contributed by atoms with Gasteiger partial charge in [-0.3, -0.25) is 0 Å². The van der Waals surface area contributed by atoms with Crippen LogP contribution in [0.4, 0.5) is 0 Å². The summed E-state index contributed by atoms with van der Waals surface area (Å²) in [6, 6.07) is 62.7. The lowest BCUT2D eigenvalue weighted by Gasteiger charge is -2.28. The van der Waals surface area contributed by atoms with Gasteiger partial charge in [0.25, 0.3) is 0 Å². The topological polar surface area (TPSA) is 0 Å². The largest absolute Gasteiger partial charge is 0.0622 e. The predicted molar refractivity (Wildman–Crippen MR) is 179 cm³/mol. The molecule has 2 atom stereocenters. The van der Waals surface area contributed by atoms with Crippen LogP contribution in [0.1, 0.15) is 0 Å². The normalized spacial score (nSPS) is 12.8. The van der Waals surface area contributed by atoms with Gasteiger partial charge in [-0.05, 0) is 69.2 Å². The van der Waals surface area contributed by atoms with Gasteiger partial charge in [-0.15, -0.1) is 0 Å². The van der Waals surface area contributed by atoms with Crippen molar-refractivity contribution in [1.82, 2.24) is 0 Å². The third kappa shape index (κ3) is 4.65. The van der Waals surface area contributed by atoms with Gasteiger partial charge in [0, 0.05) is 0 Å². The minimum absolute atomic E-state index is 0.807. The van der Waals surface area contributed by atoms with Crippen molar-refractivity contribution in [3.8, 4) is 0 Å². The fourth-order valence-corrected chi connectivity index (χ4v) is 11.2. The van der Waals surface area contributed by atoms with Gasteiger partial charge in [0.15, 0.2) is 0 Å². The summed E-state index contributed by atoms with van der Waals surface area (Å²) in [5.41, 5.74) is 0. The van der Waals surface area contributed by atoms with E-state index in [1.807, 2.05) is 0 Å². The molecular weight excluding hydrogens is 518 g/mol. The molecule has 2 heteroatoms. The van der Waals surface area contributed by atoms with Crippen LogP contribution in [0.3, 0.4) is 0 Å². The molecule has 0 aromatic heterocycles. The average molecular weight is 547 g/mol. The van der Waals surface area contributed by atoms with Crippen LogP contribution in [-0.2, 0) is 0 Å². The second kappa shape index (κ2) is 11.2. The molecule has 2 unspecified atom stereocenters. The van der Waals surface area contributed by atoms with E-state index in [4.69, 9.17) is 0 Å². The van der Waals surface area contributed by atoms with E-state index < -0.39 is 15.8 Å². The van der Waals surface area contributed by atoms with Crippen LogP contribution >= 0.6 is 15.8 Å². The number of hydrogen-bond donors (Lipinski definition) is 0. The first-order valence-electron chi connectivity index (χ1n) is 13.6. The Labute approximate surface area is 238 Å². The highest BCUT2D eigenvalue weighted by Gasteiger charge is 2.27. The first kappa shape index (κ1) is 24.9. The summed E-state index contributed by atoms with van der Waals surface area (Å²) < 4.78 is 0. The molecule has 0 saturated carbocycles. The SMILES string of the molecule is c1ccc(P(c2ccccc2P(c2ccccc2)c2cccc3ccccc23)c2cccc3ccccc23)cc1. The minimum Gasteiger partial charge on any atom is -0.0622 e. The van der Waals surface area contributed by atoms with E-state index in [9.17, 15) is 0 Å². The van der Waals surface area contributed by atoms with E-state index >= 15 is 0 Å². The highest BCUT2D eigenvalue weighted by Crippen LogP contribution is 2.41. The first-order valence-corrected chi connectivity index (χ1v) is 16.3. The van der Waals surface area contributed by atoms with Gasteiger partial charge in [0.1, 0.15) is 0 Å². The van der Waals surface area contributed by atoms with Gasteiger partial charge in [-0.25, -0.2) is 0 Å². The lowest BCUT2D eigenvalue weighted by molar-refractivity contribution is 1.75. The number of hydrogen-bond acceptors (Lipinski definition) is 0. The molecule has 7 aromatic carbocycles. The Morgan fingerprint density at radius 3 is 1.02 bits per heavy atom. The molecule has 0 nitrogen and oxygen atoms in total. The summed E-state index contributed by atoms with van der Waals surface area (Å²) in [5, 5.41) is 13.7. The molecule has 7 rings (SSSR count). The standard InChI is InChI=1S/C38H28P2/c1-3-19-31(20-4-1)39(35-27-13-17-29-15-7-9-23-33(29)35)37-25-11-12-26-38(37)40(32-21-5-2-6-22-32)36-28-14-18-30-16-8-10-24-34(30)36/h1-28H. The van der Waals surface area contributed by atoms with Gasteiger partial charge in [-0.2, -0.15) is 0 Å². The zero-order valence-corrected chi connectivity index (χ0v) is 23.8. The van der Waals surface area contributed by atoms with E-state index in [1.54, 1.807) is 0 Å². The van der Waals surface area contributed by atoms with Crippen LogP contribution in [0, 0.1) is 0 Å². The molecule has 0 aliphatic rings. The smallest absolute Gasteiger partial charge is 0.00673 e. The summed E-state index contributed by atoms with van der Waals surface area (Å²) >= 11 is 0. The summed E-state index contributed by atoms with van der Waals surface area (Å²) in [4.78, 5) is 0. The predicted octanol–water partition coefficient (Wildman–Crippen LogP) is 7.51. The van der Waals surface area contributed by atoms with Gasteiger partial charge in [-0.1, -0.05) is 170 Å². The van der Waals surface area contributed by atoms with Gasteiger partial charge < -0.3 is 0 Å². The lowest BCUT2D eigenvalue weighted by Crippen LogP contribution is -2.34. The maximum absolute atomic E-state index is 2.39. The summed E-state index contributed by atoms with van der Waals surface area (Å²) in [7, 11) is -1.61. The Bertz CT molecular complexity index is 1760. The molecule has 0 radical (unpaired) electrons. The van der Waals surface area contributed by atoms with Gasteiger partial charge in [0.05, 0.1) is 0 Å². The molecule has 0 bridgehead atoms.